The Kier molecular flexibility index (Phi) is 8.75. The molecule has 1 aromatic rings. The van der Waals surface area contributed by atoms with Crippen LogP contribution in [0.1, 0.15) is 43.8 Å². The van der Waals surface area contributed by atoms with E-state index in [0.29, 0.717) is 24.0 Å². The van der Waals surface area contributed by atoms with Crippen LogP contribution in [0.5, 0.6) is 0 Å². The number of guanidine groups is 1. The SMILES string of the molecule is CCCC1CC1NC(=NCCc1nc(C(F)(F)F)cs1)NCC.I. The van der Waals surface area contributed by atoms with Crippen molar-refractivity contribution in [3.63, 3.8) is 0 Å². The number of halogens is 4. The maximum atomic E-state index is 12.5. The van der Waals surface area contributed by atoms with Gasteiger partial charge in [-0.1, -0.05) is 13.3 Å². The number of rotatable bonds is 7. The highest BCUT2D eigenvalue weighted by Crippen LogP contribution is 2.34. The van der Waals surface area contributed by atoms with Crippen molar-refractivity contribution in [2.24, 2.45) is 10.9 Å². The first kappa shape index (κ1) is 21.5. The van der Waals surface area contributed by atoms with Gasteiger partial charge in [-0.05, 0) is 25.7 Å². The molecule has 0 bridgehead atoms. The number of aliphatic imine (C=N–C) groups is 1. The first-order chi connectivity index (χ1) is 10.9. The van der Waals surface area contributed by atoms with Crippen LogP contribution >= 0.6 is 35.3 Å². The quantitative estimate of drug-likeness (QED) is 0.355. The zero-order chi connectivity index (χ0) is 16.9. The van der Waals surface area contributed by atoms with Gasteiger partial charge in [0.15, 0.2) is 11.7 Å². The molecular weight excluding hydrogens is 452 g/mol. The number of alkyl halides is 3. The van der Waals surface area contributed by atoms with E-state index in [4.69, 9.17) is 0 Å². The second-order valence-electron chi connectivity index (χ2n) is 5.67. The van der Waals surface area contributed by atoms with E-state index in [1.807, 2.05) is 6.92 Å². The summed E-state index contributed by atoms with van der Waals surface area (Å²) in [5, 5.41) is 8.08. The van der Waals surface area contributed by atoms with Gasteiger partial charge in [0.25, 0.3) is 0 Å². The maximum Gasteiger partial charge on any atom is 0.434 e. The predicted molar refractivity (Wildman–Crippen MR) is 102 cm³/mol. The summed E-state index contributed by atoms with van der Waals surface area (Å²) in [7, 11) is 0. The van der Waals surface area contributed by atoms with Crippen molar-refractivity contribution in [1.29, 1.82) is 0 Å². The van der Waals surface area contributed by atoms with E-state index in [1.54, 1.807) is 0 Å². The topological polar surface area (TPSA) is 49.3 Å². The van der Waals surface area contributed by atoms with Crippen LogP contribution in [-0.4, -0.2) is 30.1 Å². The number of nitrogens with zero attached hydrogens (tertiary/aromatic N) is 2. The van der Waals surface area contributed by atoms with E-state index in [9.17, 15) is 13.2 Å². The molecule has 2 unspecified atom stereocenters. The van der Waals surface area contributed by atoms with E-state index in [-0.39, 0.29) is 24.0 Å². The standard InChI is InChI=1S/C15H23F3N4S.HI/c1-3-5-10-8-11(10)21-14(19-4-2)20-7-6-13-22-12(9-23-13)15(16,17)18;/h9-11H,3-8H2,1-2H3,(H2,19,20,21);1H. The van der Waals surface area contributed by atoms with Gasteiger partial charge in [-0.15, -0.1) is 35.3 Å². The summed E-state index contributed by atoms with van der Waals surface area (Å²) in [6.45, 7) is 5.35. The molecule has 2 atom stereocenters. The number of hydrogen-bond acceptors (Lipinski definition) is 3. The van der Waals surface area contributed by atoms with Crippen molar-refractivity contribution >= 4 is 41.3 Å². The zero-order valence-electron chi connectivity index (χ0n) is 13.8. The highest BCUT2D eigenvalue weighted by molar-refractivity contribution is 14.0. The third kappa shape index (κ3) is 6.73. The van der Waals surface area contributed by atoms with Crippen molar-refractivity contribution in [3.05, 3.63) is 16.1 Å². The lowest BCUT2D eigenvalue weighted by molar-refractivity contribution is -0.140. The van der Waals surface area contributed by atoms with Gasteiger partial charge >= 0.3 is 6.18 Å². The van der Waals surface area contributed by atoms with Gasteiger partial charge < -0.3 is 10.6 Å². The number of hydrogen-bond donors (Lipinski definition) is 2. The third-order valence-corrected chi connectivity index (χ3v) is 4.59. The fraction of sp³-hybridized carbons (Fsp3) is 0.733. The number of aromatic nitrogens is 1. The van der Waals surface area contributed by atoms with Crippen LogP contribution in [0.2, 0.25) is 0 Å². The summed E-state index contributed by atoms with van der Waals surface area (Å²) in [4.78, 5) is 8.05. The Morgan fingerprint density at radius 3 is 2.75 bits per heavy atom. The molecule has 0 saturated heterocycles. The summed E-state index contributed by atoms with van der Waals surface area (Å²) < 4.78 is 37.5. The Hall–Kier alpha value is -0.580. The molecule has 1 fully saturated rings. The number of nitrogens with one attached hydrogen (secondary N) is 2. The Morgan fingerprint density at radius 1 is 1.42 bits per heavy atom. The molecule has 2 N–H and O–H groups in total. The lowest BCUT2D eigenvalue weighted by Gasteiger charge is -2.10. The molecule has 1 aliphatic carbocycles. The van der Waals surface area contributed by atoms with E-state index in [0.717, 1.165) is 35.1 Å². The molecule has 9 heteroatoms. The molecule has 24 heavy (non-hydrogen) atoms. The van der Waals surface area contributed by atoms with Gasteiger partial charge in [0, 0.05) is 30.9 Å². The normalized spacial score (nSPS) is 20.5. The van der Waals surface area contributed by atoms with Crippen LogP contribution in [0.3, 0.4) is 0 Å². The minimum atomic E-state index is -4.37. The van der Waals surface area contributed by atoms with Crippen molar-refractivity contribution in [3.8, 4) is 0 Å². The molecule has 0 aliphatic heterocycles. The maximum absolute atomic E-state index is 12.5. The Balaban J connectivity index is 0.00000288. The lowest BCUT2D eigenvalue weighted by atomic mass is 10.2. The molecule has 138 valence electrons. The van der Waals surface area contributed by atoms with E-state index in [2.05, 4.69) is 27.5 Å². The highest BCUT2D eigenvalue weighted by Gasteiger charge is 2.36. The molecule has 0 radical (unpaired) electrons. The first-order valence-corrected chi connectivity index (χ1v) is 8.88. The zero-order valence-corrected chi connectivity index (χ0v) is 17.0. The average molecular weight is 476 g/mol. The summed E-state index contributed by atoms with van der Waals surface area (Å²) in [6, 6.07) is 0.476. The minimum Gasteiger partial charge on any atom is -0.357 e. The van der Waals surface area contributed by atoms with E-state index >= 15 is 0 Å². The van der Waals surface area contributed by atoms with Gasteiger partial charge in [-0.2, -0.15) is 13.2 Å². The van der Waals surface area contributed by atoms with Gasteiger partial charge in [0.1, 0.15) is 0 Å². The molecule has 1 aliphatic rings. The van der Waals surface area contributed by atoms with Crippen LogP contribution < -0.4 is 10.6 Å². The van der Waals surface area contributed by atoms with Crippen molar-refractivity contribution in [1.82, 2.24) is 15.6 Å². The Bertz CT molecular complexity index is 533. The highest BCUT2D eigenvalue weighted by atomic mass is 127. The summed E-state index contributed by atoms with van der Waals surface area (Å²) >= 11 is 1.03. The second kappa shape index (κ2) is 9.79. The van der Waals surface area contributed by atoms with Gasteiger partial charge in [-0.3, -0.25) is 4.99 Å². The van der Waals surface area contributed by atoms with Crippen molar-refractivity contribution in [2.75, 3.05) is 13.1 Å². The fourth-order valence-corrected chi connectivity index (χ4v) is 3.22. The fourth-order valence-electron chi connectivity index (χ4n) is 2.43. The molecule has 0 spiro atoms. The van der Waals surface area contributed by atoms with Crippen LogP contribution in [0.25, 0.3) is 0 Å². The average Bonchev–Trinajstić information content (AvgIpc) is 3.00. The smallest absolute Gasteiger partial charge is 0.357 e. The minimum absolute atomic E-state index is 0. The summed E-state index contributed by atoms with van der Waals surface area (Å²) in [5.41, 5.74) is -0.813. The largest absolute Gasteiger partial charge is 0.434 e. The molecule has 0 aromatic carbocycles. The molecule has 4 nitrogen and oxygen atoms in total. The second-order valence-corrected chi connectivity index (χ2v) is 6.61. The summed E-state index contributed by atoms with van der Waals surface area (Å²) in [6.07, 6.45) is -0.382. The summed E-state index contributed by atoms with van der Waals surface area (Å²) in [5.74, 6) is 1.46. The molecular formula is C15H24F3IN4S. The van der Waals surface area contributed by atoms with Gasteiger partial charge in [0.05, 0.1) is 5.01 Å². The van der Waals surface area contributed by atoms with Crippen LogP contribution in [0, 0.1) is 5.92 Å². The first-order valence-electron chi connectivity index (χ1n) is 8.00. The molecule has 0 amide bonds. The van der Waals surface area contributed by atoms with Crippen molar-refractivity contribution in [2.45, 2.75) is 51.7 Å². The lowest BCUT2D eigenvalue weighted by Crippen LogP contribution is -2.39. The Labute approximate surface area is 161 Å². The van der Waals surface area contributed by atoms with E-state index < -0.39 is 11.9 Å². The van der Waals surface area contributed by atoms with Gasteiger partial charge in [0.2, 0.25) is 0 Å². The number of thiazole rings is 1. The van der Waals surface area contributed by atoms with Crippen LogP contribution in [0.4, 0.5) is 13.2 Å². The van der Waals surface area contributed by atoms with Crippen LogP contribution in [0.15, 0.2) is 10.4 Å². The molecule has 2 rings (SSSR count). The van der Waals surface area contributed by atoms with Gasteiger partial charge in [-0.25, -0.2) is 4.98 Å². The third-order valence-electron chi connectivity index (χ3n) is 3.69. The van der Waals surface area contributed by atoms with E-state index in [1.165, 1.54) is 19.3 Å². The monoisotopic (exact) mass is 476 g/mol. The van der Waals surface area contributed by atoms with Crippen molar-refractivity contribution < 1.29 is 13.2 Å². The van der Waals surface area contributed by atoms with Crippen LogP contribution in [-0.2, 0) is 12.6 Å². The predicted octanol–water partition coefficient (Wildman–Crippen LogP) is 4.07. The Morgan fingerprint density at radius 2 is 2.17 bits per heavy atom. The molecule has 1 saturated carbocycles. The molecule has 1 aromatic heterocycles. The molecule has 1 heterocycles.